The van der Waals surface area contributed by atoms with Crippen LogP contribution in [-0.4, -0.2) is 15.4 Å². The van der Waals surface area contributed by atoms with Crippen LogP contribution in [0.5, 0.6) is 0 Å². The van der Waals surface area contributed by atoms with Crippen LogP contribution >= 0.6 is 34.5 Å². The Balaban J connectivity index is 1.56. The van der Waals surface area contributed by atoms with Gasteiger partial charge in [0.05, 0.1) is 21.3 Å². The number of carbonyl (C=O) groups is 1. The van der Waals surface area contributed by atoms with Crippen molar-refractivity contribution in [2.75, 3.05) is 0 Å². The second kappa shape index (κ2) is 7.02. The van der Waals surface area contributed by atoms with E-state index >= 15 is 0 Å². The first kappa shape index (κ1) is 17.5. The maximum Gasteiger partial charge on any atom is 0.338 e. The van der Waals surface area contributed by atoms with Gasteiger partial charge in [0.15, 0.2) is 4.96 Å². The van der Waals surface area contributed by atoms with Gasteiger partial charge in [-0.1, -0.05) is 23.2 Å². The number of benzene rings is 1. The lowest BCUT2D eigenvalue weighted by Gasteiger charge is -2.10. The average Bonchev–Trinajstić information content (AvgIpc) is 3.00. The summed E-state index contributed by atoms with van der Waals surface area (Å²) in [5, 5.41) is 0.646. The zero-order valence-electron chi connectivity index (χ0n) is 13.6. The molecule has 2 heterocycles. The number of carbonyl (C=O) groups excluding carboxylic acids is 1. The largest absolute Gasteiger partial charge is 0.456 e. The number of halogens is 2. The molecule has 3 aromatic rings. The number of esters is 1. The van der Waals surface area contributed by atoms with Gasteiger partial charge in [0.2, 0.25) is 0 Å². The molecular formula is C18H14Cl2N2O3S. The van der Waals surface area contributed by atoms with E-state index in [2.05, 4.69) is 4.98 Å². The fourth-order valence-corrected chi connectivity index (χ4v) is 4.59. The van der Waals surface area contributed by atoms with E-state index in [0.717, 1.165) is 31.4 Å². The average molecular weight is 409 g/mol. The van der Waals surface area contributed by atoms with E-state index in [-0.39, 0.29) is 17.2 Å². The topological polar surface area (TPSA) is 60.7 Å². The van der Waals surface area contributed by atoms with E-state index < -0.39 is 5.97 Å². The van der Waals surface area contributed by atoms with Gasteiger partial charge in [-0.2, -0.15) is 0 Å². The molecule has 0 N–H and O–H groups in total. The summed E-state index contributed by atoms with van der Waals surface area (Å²) in [5.74, 6) is -0.545. The molecule has 0 saturated carbocycles. The molecule has 1 aliphatic rings. The Labute approximate surface area is 163 Å². The molecule has 0 atom stereocenters. The van der Waals surface area contributed by atoms with Crippen molar-refractivity contribution >= 4 is 45.5 Å². The van der Waals surface area contributed by atoms with Crippen molar-refractivity contribution in [3.63, 3.8) is 0 Å². The first-order valence-electron chi connectivity index (χ1n) is 8.18. The summed E-state index contributed by atoms with van der Waals surface area (Å²) >= 11 is 13.3. The SMILES string of the molecule is O=C(OCc1cc(=O)n2c3c(sc2n1)CCCC3)c1ccc(Cl)c(Cl)c1. The Hall–Kier alpha value is -1.89. The monoisotopic (exact) mass is 408 g/mol. The number of thiazole rings is 1. The van der Waals surface area contributed by atoms with Crippen molar-refractivity contribution in [1.82, 2.24) is 9.38 Å². The standard InChI is InChI=1S/C18H14Cl2N2O3S/c19-12-6-5-10(7-13(12)20)17(24)25-9-11-8-16(23)22-14-3-1-2-4-15(14)26-18(22)21-11/h5-8H,1-4,9H2. The maximum atomic E-state index is 12.5. The smallest absolute Gasteiger partial charge is 0.338 e. The lowest BCUT2D eigenvalue weighted by Crippen LogP contribution is -2.18. The summed E-state index contributed by atoms with van der Waals surface area (Å²) in [7, 11) is 0. The molecule has 5 nitrogen and oxygen atoms in total. The van der Waals surface area contributed by atoms with Crippen LogP contribution in [0.15, 0.2) is 29.1 Å². The third-order valence-electron chi connectivity index (χ3n) is 4.32. The Kier molecular flexibility index (Phi) is 4.73. The van der Waals surface area contributed by atoms with Crippen LogP contribution in [0.2, 0.25) is 10.0 Å². The van der Waals surface area contributed by atoms with Crippen molar-refractivity contribution in [1.29, 1.82) is 0 Å². The fraction of sp³-hybridized carbons (Fsp3) is 0.278. The summed E-state index contributed by atoms with van der Waals surface area (Å²) in [6.45, 7) is -0.0760. The van der Waals surface area contributed by atoms with E-state index in [0.29, 0.717) is 21.2 Å². The van der Waals surface area contributed by atoms with Crippen molar-refractivity contribution in [2.24, 2.45) is 0 Å². The van der Waals surface area contributed by atoms with E-state index in [9.17, 15) is 9.59 Å². The van der Waals surface area contributed by atoms with Crippen LogP contribution in [0.3, 0.4) is 0 Å². The molecule has 8 heteroatoms. The molecule has 0 unspecified atom stereocenters. The molecule has 1 aliphatic carbocycles. The van der Waals surface area contributed by atoms with Gasteiger partial charge in [-0.25, -0.2) is 9.78 Å². The van der Waals surface area contributed by atoms with Crippen molar-refractivity contribution in [3.8, 4) is 0 Å². The summed E-state index contributed by atoms with van der Waals surface area (Å²) in [4.78, 5) is 31.0. The number of hydrogen-bond donors (Lipinski definition) is 0. The number of ether oxygens (including phenoxy) is 1. The number of aryl methyl sites for hydroxylation is 2. The fourth-order valence-electron chi connectivity index (χ4n) is 3.06. The third-order valence-corrected chi connectivity index (χ3v) is 6.20. The Bertz CT molecular complexity index is 1070. The molecule has 0 amide bonds. The van der Waals surface area contributed by atoms with E-state index in [1.54, 1.807) is 15.7 Å². The number of rotatable bonds is 3. The molecule has 0 radical (unpaired) electrons. The van der Waals surface area contributed by atoms with Crippen LogP contribution in [0.4, 0.5) is 0 Å². The van der Waals surface area contributed by atoms with E-state index in [1.807, 2.05) is 0 Å². The molecule has 0 saturated heterocycles. The number of hydrogen-bond acceptors (Lipinski definition) is 5. The summed E-state index contributed by atoms with van der Waals surface area (Å²) in [6.07, 6.45) is 4.13. The predicted octanol–water partition coefficient (Wildman–Crippen LogP) is 4.30. The van der Waals surface area contributed by atoms with Gasteiger partial charge < -0.3 is 4.74 Å². The lowest BCUT2D eigenvalue weighted by atomic mass is 10.0. The minimum absolute atomic E-state index is 0.0760. The van der Waals surface area contributed by atoms with Gasteiger partial charge in [0, 0.05) is 16.6 Å². The summed E-state index contributed by atoms with van der Waals surface area (Å²) < 4.78 is 6.95. The molecule has 26 heavy (non-hydrogen) atoms. The molecule has 0 bridgehead atoms. The highest BCUT2D eigenvalue weighted by atomic mass is 35.5. The van der Waals surface area contributed by atoms with Gasteiger partial charge >= 0.3 is 5.97 Å². The van der Waals surface area contributed by atoms with Gasteiger partial charge in [-0.15, -0.1) is 11.3 Å². The second-order valence-corrected chi connectivity index (χ2v) is 7.96. The molecule has 4 rings (SSSR count). The lowest BCUT2D eigenvalue weighted by molar-refractivity contribution is 0.0468. The van der Waals surface area contributed by atoms with Crippen LogP contribution in [0.1, 0.15) is 39.5 Å². The highest BCUT2D eigenvalue weighted by Crippen LogP contribution is 2.28. The van der Waals surface area contributed by atoms with Crippen molar-refractivity contribution in [2.45, 2.75) is 32.3 Å². The minimum atomic E-state index is -0.545. The summed E-state index contributed by atoms with van der Waals surface area (Å²) in [6, 6.07) is 5.95. The van der Waals surface area contributed by atoms with Crippen LogP contribution in [0.25, 0.3) is 4.96 Å². The van der Waals surface area contributed by atoms with Crippen LogP contribution in [-0.2, 0) is 24.2 Å². The van der Waals surface area contributed by atoms with Gasteiger partial charge in [-0.05, 0) is 43.9 Å². The van der Waals surface area contributed by atoms with E-state index in [1.165, 1.54) is 29.1 Å². The quantitative estimate of drug-likeness (QED) is 0.606. The third kappa shape index (κ3) is 3.24. The van der Waals surface area contributed by atoms with Crippen molar-refractivity contribution < 1.29 is 9.53 Å². The first-order valence-corrected chi connectivity index (χ1v) is 9.75. The minimum Gasteiger partial charge on any atom is -0.456 e. The van der Waals surface area contributed by atoms with Gasteiger partial charge in [0.25, 0.3) is 5.56 Å². The Morgan fingerprint density at radius 1 is 1.19 bits per heavy atom. The molecule has 134 valence electrons. The normalized spacial score (nSPS) is 13.6. The molecule has 2 aromatic heterocycles. The molecular weight excluding hydrogens is 395 g/mol. The molecule has 0 fully saturated rings. The van der Waals surface area contributed by atoms with E-state index in [4.69, 9.17) is 27.9 Å². The van der Waals surface area contributed by atoms with Gasteiger partial charge in [-0.3, -0.25) is 9.20 Å². The zero-order chi connectivity index (χ0) is 18.3. The number of fused-ring (bicyclic) bond motifs is 3. The van der Waals surface area contributed by atoms with Gasteiger partial charge in [0.1, 0.15) is 6.61 Å². The number of nitrogens with zero attached hydrogens (tertiary/aromatic N) is 2. The second-order valence-electron chi connectivity index (χ2n) is 6.09. The molecule has 0 aliphatic heterocycles. The van der Waals surface area contributed by atoms with Crippen LogP contribution < -0.4 is 5.56 Å². The molecule has 0 spiro atoms. The molecule has 1 aromatic carbocycles. The number of aromatic nitrogens is 2. The Morgan fingerprint density at radius 3 is 2.81 bits per heavy atom. The highest BCUT2D eigenvalue weighted by Gasteiger charge is 2.19. The first-order chi connectivity index (χ1) is 12.5. The van der Waals surface area contributed by atoms with Crippen LogP contribution in [0, 0.1) is 0 Å². The predicted molar refractivity (Wildman–Crippen MR) is 102 cm³/mol. The summed E-state index contributed by atoms with van der Waals surface area (Å²) in [5.41, 5.74) is 1.67. The maximum absolute atomic E-state index is 12.5. The zero-order valence-corrected chi connectivity index (χ0v) is 16.0. The Morgan fingerprint density at radius 2 is 2.00 bits per heavy atom. The highest BCUT2D eigenvalue weighted by molar-refractivity contribution is 7.17. The van der Waals surface area contributed by atoms with Crippen molar-refractivity contribution in [3.05, 3.63) is 66.5 Å².